The van der Waals surface area contributed by atoms with Crippen LogP contribution in [0.1, 0.15) is 33.6 Å². The molecule has 140 valence electrons. The van der Waals surface area contributed by atoms with E-state index in [1.807, 2.05) is 49.0 Å². The Morgan fingerprint density at radius 2 is 1.85 bits per heavy atom. The first kappa shape index (κ1) is 18.4. The summed E-state index contributed by atoms with van der Waals surface area (Å²) >= 11 is 0. The SMILES string of the molecule is COc1cc(OC)cc(C(NC(=O)c2cccc(C)n2)c2nccn2C)c1. The lowest BCUT2D eigenvalue weighted by molar-refractivity contribution is 0.0935. The van der Waals surface area contributed by atoms with Gasteiger partial charge in [-0.05, 0) is 36.8 Å². The lowest BCUT2D eigenvalue weighted by Crippen LogP contribution is -2.31. The maximum Gasteiger partial charge on any atom is 0.270 e. The lowest BCUT2D eigenvalue weighted by Gasteiger charge is -2.20. The molecule has 7 nitrogen and oxygen atoms in total. The normalized spacial score (nSPS) is 11.7. The van der Waals surface area contributed by atoms with Gasteiger partial charge < -0.3 is 19.4 Å². The van der Waals surface area contributed by atoms with Crippen LogP contribution >= 0.6 is 0 Å². The molecule has 1 unspecified atom stereocenters. The molecule has 7 heteroatoms. The van der Waals surface area contributed by atoms with E-state index in [0.29, 0.717) is 23.0 Å². The largest absolute Gasteiger partial charge is 0.497 e. The van der Waals surface area contributed by atoms with Crippen molar-refractivity contribution < 1.29 is 14.3 Å². The molecule has 1 atom stereocenters. The molecule has 3 rings (SSSR count). The molecule has 0 aliphatic heterocycles. The quantitative estimate of drug-likeness (QED) is 0.726. The number of benzene rings is 1. The predicted octanol–water partition coefficient (Wildman–Crippen LogP) is 2.66. The molecule has 0 saturated heterocycles. The first-order chi connectivity index (χ1) is 13.0. The minimum absolute atomic E-state index is 0.284. The standard InChI is InChI=1S/C20H22N4O3/c1-13-6-5-7-17(22-13)20(25)23-18(19-21-8-9-24(19)2)14-10-15(26-3)12-16(11-14)27-4/h5-12,18H,1-4H3,(H,23,25). The van der Waals surface area contributed by atoms with Gasteiger partial charge in [0.1, 0.15) is 29.1 Å². The average molecular weight is 366 g/mol. The van der Waals surface area contributed by atoms with Crippen LogP contribution in [0.15, 0.2) is 48.8 Å². The van der Waals surface area contributed by atoms with Gasteiger partial charge in [0, 0.05) is 31.2 Å². The molecule has 1 aromatic carbocycles. The molecule has 1 amide bonds. The van der Waals surface area contributed by atoms with Crippen molar-refractivity contribution in [2.45, 2.75) is 13.0 Å². The number of hydrogen-bond acceptors (Lipinski definition) is 5. The molecule has 0 aliphatic carbocycles. The second-order valence-electron chi connectivity index (χ2n) is 6.11. The molecule has 0 fully saturated rings. The molecule has 0 saturated carbocycles. The van der Waals surface area contributed by atoms with Crippen LogP contribution < -0.4 is 14.8 Å². The summed E-state index contributed by atoms with van der Waals surface area (Å²) in [5.41, 5.74) is 1.92. The molecular weight excluding hydrogens is 344 g/mol. The van der Waals surface area contributed by atoms with Crippen LogP contribution in [0, 0.1) is 6.92 Å². The van der Waals surface area contributed by atoms with Gasteiger partial charge in [0.15, 0.2) is 0 Å². The van der Waals surface area contributed by atoms with Crippen molar-refractivity contribution in [1.29, 1.82) is 0 Å². The molecule has 0 bridgehead atoms. The highest BCUT2D eigenvalue weighted by atomic mass is 16.5. The van der Waals surface area contributed by atoms with E-state index in [0.717, 1.165) is 11.3 Å². The van der Waals surface area contributed by atoms with Crippen molar-refractivity contribution in [1.82, 2.24) is 19.9 Å². The topological polar surface area (TPSA) is 78.3 Å². The average Bonchev–Trinajstić information content (AvgIpc) is 3.11. The number of pyridine rings is 1. The van der Waals surface area contributed by atoms with Crippen LogP contribution in [0.25, 0.3) is 0 Å². The minimum Gasteiger partial charge on any atom is -0.497 e. The number of amides is 1. The van der Waals surface area contributed by atoms with Gasteiger partial charge in [0.25, 0.3) is 5.91 Å². The Labute approximate surface area is 158 Å². The van der Waals surface area contributed by atoms with Crippen LogP contribution in [0.5, 0.6) is 11.5 Å². The molecule has 0 radical (unpaired) electrons. The number of nitrogens with one attached hydrogen (secondary N) is 1. The predicted molar refractivity (Wildman–Crippen MR) is 101 cm³/mol. The number of ether oxygens (including phenoxy) is 2. The smallest absolute Gasteiger partial charge is 0.270 e. The fraction of sp³-hybridized carbons (Fsp3) is 0.250. The summed E-state index contributed by atoms with van der Waals surface area (Å²) < 4.78 is 12.6. The van der Waals surface area contributed by atoms with E-state index in [1.165, 1.54) is 0 Å². The molecule has 27 heavy (non-hydrogen) atoms. The van der Waals surface area contributed by atoms with Crippen molar-refractivity contribution in [3.63, 3.8) is 0 Å². The zero-order valence-electron chi connectivity index (χ0n) is 15.8. The monoisotopic (exact) mass is 366 g/mol. The first-order valence-electron chi connectivity index (χ1n) is 8.46. The zero-order chi connectivity index (χ0) is 19.4. The van der Waals surface area contributed by atoms with Gasteiger partial charge in [-0.15, -0.1) is 0 Å². The van der Waals surface area contributed by atoms with Gasteiger partial charge in [-0.2, -0.15) is 0 Å². The number of aromatic nitrogens is 3. The van der Waals surface area contributed by atoms with Gasteiger partial charge in [0.05, 0.1) is 14.2 Å². The Bertz CT molecular complexity index is 930. The van der Waals surface area contributed by atoms with Crippen LogP contribution in [0.3, 0.4) is 0 Å². The highest BCUT2D eigenvalue weighted by Gasteiger charge is 2.23. The summed E-state index contributed by atoms with van der Waals surface area (Å²) in [6, 6.07) is 10.3. The number of hydrogen-bond donors (Lipinski definition) is 1. The number of imidazole rings is 1. The molecular formula is C20H22N4O3. The van der Waals surface area contributed by atoms with Gasteiger partial charge in [-0.3, -0.25) is 4.79 Å². The van der Waals surface area contributed by atoms with Crippen LogP contribution in [0.2, 0.25) is 0 Å². The van der Waals surface area contributed by atoms with E-state index in [2.05, 4.69) is 15.3 Å². The number of carbonyl (C=O) groups excluding carboxylic acids is 1. The molecule has 2 aromatic heterocycles. The molecule has 1 N–H and O–H groups in total. The molecule has 0 spiro atoms. The third kappa shape index (κ3) is 4.08. The maximum absolute atomic E-state index is 12.8. The number of methoxy groups -OCH3 is 2. The summed E-state index contributed by atoms with van der Waals surface area (Å²) in [5, 5.41) is 3.03. The minimum atomic E-state index is -0.496. The fourth-order valence-electron chi connectivity index (χ4n) is 2.82. The Kier molecular flexibility index (Phi) is 5.40. The van der Waals surface area contributed by atoms with Crippen molar-refractivity contribution in [2.24, 2.45) is 7.05 Å². The summed E-state index contributed by atoms with van der Waals surface area (Å²) in [5.74, 6) is 1.66. The third-order valence-corrected chi connectivity index (χ3v) is 4.22. The summed E-state index contributed by atoms with van der Waals surface area (Å²) in [6.07, 6.45) is 3.52. The Morgan fingerprint density at radius 3 is 2.41 bits per heavy atom. The van der Waals surface area contributed by atoms with Gasteiger partial charge >= 0.3 is 0 Å². The number of aryl methyl sites for hydroxylation is 2. The summed E-state index contributed by atoms with van der Waals surface area (Å²) in [6.45, 7) is 1.85. The molecule has 3 aromatic rings. The highest BCUT2D eigenvalue weighted by Crippen LogP contribution is 2.29. The van der Waals surface area contributed by atoms with E-state index in [4.69, 9.17) is 9.47 Å². The number of carbonyl (C=O) groups is 1. The molecule has 0 aliphatic rings. The Morgan fingerprint density at radius 1 is 1.15 bits per heavy atom. The Balaban J connectivity index is 2.02. The van der Waals surface area contributed by atoms with E-state index in [1.54, 1.807) is 32.5 Å². The van der Waals surface area contributed by atoms with Crippen molar-refractivity contribution >= 4 is 5.91 Å². The van der Waals surface area contributed by atoms with Crippen molar-refractivity contribution in [2.75, 3.05) is 14.2 Å². The van der Waals surface area contributed by atoms with E-state index in [-0.39, 0.29) is 5.91 Å². The van der Waals surface area contributed by atoms with Crippen LogP contribution in [-0.4, -0.2) is 34.7 Å². The Hall–Kier alpha value is -3.35. The lowest BCUT2D eigenvalue weighted by atomic mass is 10.0. The summed E-state index contributed by atoms with van der Waals surface area (Å²) in [7, 11) is 5.05. The van der Waals surface area contributed by atoms with Crippen LogP contribution in [0.4, 0.5) is 0 Å². The van der Waals surface area contributed by atoms with E-state index < -0.39 is 6.04 Å². The van der Waals surface area contributed by atoms with Crippen LogP contribution in [-0.2, 0) is 7.05 Å². The van der Waals surface area contributed by atoms with E-state index in [9.17, 15) is 4.79 Å². The van der Waals surface area contributed by atoms with E-state index >= 15 is 0 Å². The maximum atomic E-state index is 12.8. The summed E-state index contributed by atoms with van der Waals surface area (Å²) in [4.78, 5) is 21.5. The second kappa shape index (κ2) is 7.90. The van der Waals surface area contributed by atoms with Gasteiger partial charge in [-0.25, -0.2) is 9.97 Å². The highest BCUT2D eigenvalue weighted by molar-refractivity contribution is 5.92. The third-order valence-electron chi connectivity index (χ3n) is 4.22. The van der Waals surface area contributed by atoms with Crippen molar-refractivity contribution in [3.8, 4) is 11.5 Å². The number of nitrogens with zero attached hydrogens (tertiary/aromatic N) is 3. The fourth-order valence-corrected chi connectivity index (χ4v) is 2.82. The molecule has 2 heterocycles. The van der Waals surface area contributed by atoms with Gasteiger partial charge in [-0.1, -0.05) is 6.07 Å². The second-order valence-corrected chi connectivity index (χ2v) is 6.11. The first-order valence-corrected chi connectivity index (χ1v) is 8.46. The van der Waals surface area contributed by atoms with Gasteiger partial charge in [0.2, 0.25) is 0 Å². The zero-order valence-corrected chi connectivity index (χ0v) is 15.8. The number of rotatable bonds is 6. The van der Waals surface area contributed by atoms with Crippen molar-refractivity contribution in [3.05, 3.63) is 71.6 Å².